The molecule has 1 aliphatic heterocycles. The summed E-state index contributed by atoms with van der Waals surface area (Å²) in [7, 11) is 5.52. The lowest BCUT2D eigenvalue weighted by Crippen LogP contribution is -2.35. The smallest absolute Gasteiger partial charge is 0.338 e. The van der Waals surface area contributed by atoms with Crippen LogP contribution < -0.4 is 29.3 Å². The SMILES string of the molecule is CCOC(=O)C1=C(C)n2c(s/c(=C\c3ccc(OCc4ccccc4)c(OC)c3)c2=O)=N[C@@H]1c1ccc(N(C)C)cc1. The van der Waals surface area contributed by atoms with Gasteiger partial charge in [0.2, 0.25) is 0 Å². The third-order valence-corrected chi connectivity index (χ3v) is 7.97. The van der Waals surface area contributed by atoms with Gasteiger partial charge in [-0.15, -0.1) is 0 Å². The number of esters is 1. The van der Waals surface area contributed by atoms with E-state index in [9.17, 15) is 9.59 Å². The molecule has 0 radical (unpaired) electrons. The van der Waals surface area contributed by atoms with Crippen molar-refractivity contribution in [1.82, 2.24) is 4.57 Å². The van der Waals surface area contributed by atoms with Crippen LogP contribution in [0, 0.1) is 0 Å². The zero-order chi connectivity index (χ0) is 29.8. The van der Waals surface area contributed by atoms with Crippen LogP contribution in [-0.2, 0) is 16.1 Å². The van der Waals surface area contributed by atoms with E-state index in [1.165, 1.54) is 15.9 Å². The number of aromatic nitrogens is 1. The maximum atomic E-state index is 13.6. The van der Waals surface area contributed by atoms with Gasteiger partial charge in [-0.3, -0.25) is 9.36 Å². The number of allylic oxidation sites excluding steroid dienone is 1. The number of fused-ring (bicyclic) bond motifs is 1. The molecule has 42 heavy (non-hydrogen) atoms. The molecule has 0 unspecified atom stereocenters. The molecule has 0 fully saturated rings. The van der Waals surface area contributed by atoms with E-state index in [2.05, 4.69) is 0 Å². The summed E-state index contributed by atoms with van der Waals surface area (Å²) in [6, 6.07) is 22.7. The van der Waals surface area contributed by atoms with Crippen molar-refractivity contribution in [2.24, 2.45) is 4.99 Å². The Morgan fingerprint density at radius 2 is 1.79 bits per heavy atom. The molecule has 216 valence electrons. The Balaban J connectivity index is 1.54. The molecule has 0 saturated carbocycles. The number of nitrogens with zero attached hydrogens (tertiary/aromatic N) is 3. The summed E-state index contributed by atoms with van der Waals surface area (Å²) in [5, 5.41) is 0. The van der Waals surface area contributed by atoms with E-state index in [1.54, 1.807) is 27.0 Å². The number of hydrogen-bond acceptors (Lipinski definition) is 8. The first-order chi connectivity index (χ1) is 20.3. The number of ether oxygens (including phenoxy) is 3. The second kappa shape index (κ2) is 12.5. The molecule has 4 aromatic rings. The number of carbonyl (C=O) groups is 1. The highest BCUT2D eigenvalue weighted by Gasteiger charge is 2.31. The fraction of sp³-hybridized carbons (Fsp3) is 0.242. The van der Waals surface area contributed by atoms with E-state index in [4.69, 9.17) is 19.2 Å². The zero-order valence-corrected chi connectivity index (χ0v) is 25.1. The number of rotatable bonds is 9. The number of hydrogen-bond donors (Lipinski definition) is 0. The van der Waals surface area contributed by atoms with Crippen molar-refractivity contribution in [3.8, 4) is 11.5 Å². The number of carbonyl (C=O) groups excluding carboxylic acids is 1. The van der Waals surface area contributed by atoms with E-state index in [0.29, 0.717) is 38.7 Å². The fourth-order valence-corrected chi connectivity index (χ4v) is 5.83. The molecule has 1 atom stereocenters. The summed E-state index contributed by atoms with van der Waals surface area (Å²) < 4.78 is 19.0. The molecule has 0 spiro atoms. The van der Waals surface area contributed by atoms with Crippen LogP contribution in [-0.4, -0.2) is 38.3 Å². The number of methoxy groups -OCH3 is 1. The van der Waals surface area contributed by atoms with E-state index in [1.807, 2.05) is 91.8 Å². The highest BCUT2D eigenvalue weighted by atomic mass is 32.1. The Labute approximate surface area is 248 Å². The van der Waals surface area contributed by atoms with Crippen LogP contribution in [0.4, 0.5) is 5.69 Å². The van der Waals surface area contributed by atoms with Gasteiger partial charge in [0, 0.05) is 25.5 Å². The van der Waals surface area contributed by atoms with E-state index >= 15 is 0 Å². The normalized spacial score (nSPS) is 14.7. The summed E-state index contributed by atoms with van der Waals surface area (Å²) in [6.07, 6.45) is 1.80. The van der Waals surface area contributed by atoms with Gasteiger partial charge in [-0.2, -0.15) is 0 Å². The number of thiazole rings is 1. The quantitative estimate of drug-likeness (QED) is 0.269. The largest absolute Gasteiger partial charge is 0.493 e. The molecule has 5 rings (SSSR count). The second-order valence-corrected chi connectivity index (χ2v) is 11.0. The van der Waals surface area contributed by atoms with Gasteiger partial charge in [-0.05, 0) is 60.9 Å². The van der Waals surface area contributed by atoms with E-state index in [-0.39, 0.29) is 12.2 Å². The monoisotopic (exact) mass is 583 g/mol. The zero-order valence-electron chi connectivity index (χ0n) is 24.3. The van der Waals surface area contributed by atoms with Crippen molar-refractivity contribution in [3.63, 3.8) is 0 Å². The van der Waals surface area contributed by atoms with Crippen molar-refractivity contribution in [3.05, 3.63) is 115 Å². The van der Waals surface area contributed by atoms with Gasteiger partial charge >= 0.3 is 5.97 Å². The predicted octanol–water partition coefficient (Wildman–Crippen LogP) is 4.56. The van der Waals surface area contributed by atoms with Crippen LogP contribution in [0.15, 0.2) is 88.2 Å². The van der Waals surface area contributed by atoms with Gasteiger partial charge in [0.15, 0.2) is 16.3 Å². The summed E-state index contributed by atoms with van der Waals surface area (Å²) in [4.78, 5) is 34.2. The summed E-state index contributed by atoms with van der Waals surface area (Å²) in [5.74, 6) is 0.690. The number of benzene rings is 3. The van der Waals surface area contributed by atoms with Gasteiger partial charge in [0.05, 0.1) is 23.8 Å². The van der Waals surface area contributed by atoms with Crippen LogP contribution >= 0.6 is 11.3 Å². The molecule has 1 aliphatic rings. The first-order valence-corrected chi connectivity index (χ1v) is 14.4. The molecule has 2 heterocycles. The standard InChI is InChI=1S/C33H33N3O5S/c1-6-40-32(38)29-21(2)36-31(37)28(42-33(36)34-30(29)24-13-15-25(16-14-24)35(3)4)19-23-12-17-26(27(18-23)39-5)41-20-22-10-8-7-9-11-22/h7-19,30H,6,20H2,1-5H3/b28-19-/t30-/m1/s1. The average molecular weight is 584 g/mol. The molecule has 8 nitrogen and oxygen atoms in total. The van der Waals surface area contributed by atoms with Gasteiger partial charge in [0.1, 0.15) is 12.6 Å². The lowest BCUT2D eigenvalue weighted by atomic mass is 9.96. The number of anilines is 1. The maximum Gasteiger partial charge on any atom is 0.338 e. The molecular weight excluding hydrogens is 550 g/mol. The van der Waals surface area contributed by atoms with Crippen LogP contribution in [0.2, 0.25) is 0 Å². The molecule has 0 N–H and O–H groups in total. The van der Waals surface area contributed by atoms with Gasteiger partial charge in [0.25, 0.3) is 5.56 Å². The Morgan fingerprint density at radius 1 is 1.05 bits per heavy atom. The van der Waals surface area contributed by atoms with Crippen molar-refractivity contribution in [2.75, 3.05) is 32.7 Å². The Hall–Kier alpha value is -4.63. The molecule has 3 aromatic carbocycles. The third kappa shape index (κ3) is 5.87. The van der Waals surface area contributed by atoms with Gasteiger partial charge < -0.3 is 19.1 Å². The minimum absolute atomic E-state index is 0.221. The first-order valence-electron chi connectivity index (χ1n) is 13.6. The molecule has 9 heteroatoms. The summed E-state index contributed by atoms with van der Waals surface area (Å²) in [6.45, 7) is 4.16. The Bertz CT molecular complexity index is 1810. The summed E-state index contributed by atoms with van der Waals surface area (Å²) >= 11 is 1.28. The lowest BCUT2D eigenvalue weighted by molar-refractivity contribution is -0.138. The highest BCUT2D eigenvalue weighted by Crippen LogP contribution is 2.33. The van der Waals surface area contributed by atoms with Gasteiger partial charge in [-0.25, -0.2) is 9.79 Å². The fourth-order valence-electron chi connectivity index (χ4n) is 4.79. The lowest BCUT2D eigenvalue weighted by Gasteiger charge is -2.23. The molecule has 1 aromatic heterocycles. The minimum atomic E-state index is -0.590. The first kappa shape index (κ1) is 28.9. The minimum Gasteiger partial charge on any atom is -0.493 e. The van der Waals surface area contributed by atoms with Crippen molar-refractivity contribution >= 4 is 34.8 Å². The average Bonchev–Trinajstić information content (AvgIpc) is 3.31. The molecule has 0 aliphatic carbocycles. The predicted molar refractivity (Wildman–Crippen MR) is 166 cm³/mol. The summed E-state index contributed by atoms with van der Waals surface area (Å²) in [5.41, 5.74) is 4.33. The van der Waals surface area contributed by atoms with Crippen molar-refractivity contribution in [2.45, 2.75) is 26.5 Å². The van der Waals surface area contributed by atoms with Crippen molar-refractivity contribution in [1.29, 1.82) is 0 Å². The van der Waals surface area contributed by atoms with Crippen molar-refractivity contribution < 1.29 is 19.0 Å². The second-order valence-electron chi connectivity index (χ2n) is 9.96. The van der Waals surface area contributed by atoms with E-state index in [0.717, 1.165) is 22.4 Å². The van der Waals surface area contributed by atoms with Gasteiger partial charge in [-0.1, -0.05) is 59.9 Å². The van der Waals surface area contributed by atoms with Crippen LogP contribution in [0.25, 0.3) is 11.8 Å². The van der Waals surface area contributed by atoms with E-state index < -0.39 is 12.0 Å². The Morgan fingerprint density at radius 3 is 2.45 bits per heavy atom. The molecule has 0 amide bonds. The maximum absolute atomic E-state index is 13.6. The van der Waals surface area contributed by atoms with Crippen LogP contribution in [0.3, 0.4) is 0 Å². The highest BCUT2D eigenvalue weighted by molar-refractivity contribution is 7.07. The molecular formula is C33H33N3O5S. The molecule has 0 saturated heterocycles. The molecule has 0 bridgehead atoms. The topological polar surface area (TPSA) is 82.4 Å². The van der Waals surface area contributed by atoms with Crippen LogP contribution in [0.1, 0.15) is 36.6 Å². The third-order valence-electron chi connectivity index (χ3n) is 6.99. The Kier molecular flexibility index (Phi) is 8.59. The van der Waals surface area contributed by atoms with Crippen LogP contribution in [0.5, 0.6) is 11.5 Å².